The van der Waals surface area contributed by atoms with E-state index in [1.54, 1.807) is 17.8 Å². The molecule has 196 valence electrons. The van der Waals surface area contributed by atoms with E-state index < -0.39 is 0 Å². The van der Waals surface area contributed by atoms with Gasteiger partial charge in [0.25, 0.3) is 5.91 Å². The van der Waals surface area contributed by atoms with E-state index in [1.807, 2.05) is 16.7 Å². The Kier molecular flexibility index (Phi) is 9.40. The first kappa shape index (κ1) is 26.6. The molecular weight excluding hydrogens is 478 g/mol. The second-order valence-electron chi connectivity index (χ2n) is 9.70. The summed E-state index contributed by atoms with van der Waals surface area (Å²) in [6.07, 6.45) is 6.80. The van der Waals surface area contributed by atoms with Crippen molar-refractivity contribution in [3.05, 3.63) is 46.2 Å². The molecule has 9 heteroatoms. The number of carbonyl (C=O) groups excluding carboxylic acids is 2. The third-order valence-electron chi connectivity index (χ3n) is 7.03. The molecule has 2 aromatic rings. The van der Waals surface area contributed by atoms with Crippen LogP contribution in [0.5, 0.6) is 0 Å². The fraction of sp³-hybridized carbons (Fsp3) is 0.593. The van der Waals surface area contributed by atoms with Gasteiger partial charge < -0.3 is 14.5 Å². The van der Waals surface area contributed by atoms with Crippen molar-refractivity contribution in [3.8, 4) is 0 Å². The number of carbonyl (C=O) groups is 2. The summed E-state index contributed by atoms with van der Waals surface area (Å²) in [6, 6.07) is 6.35. The SMILES string of the molecule is CCn1cc(Cl)c(C(=O)N2CCCCCCCN(C(C)=O)c3cc(CN4CCOCC4)ccc3C2)n1. The number of hydrogen-bond donors (Lipinski definition) is 0. The molecule has 1 fully saturated rings. The summed E-state index contributed by atoms with van der Waals surface area (Å²) < 4.78 is 7.18. The van der Waals surface area contributed by atoms with E-state index >= 15 is 0 Å². The quantitative estimate of drug-likeness (QED) is 0.605. The summed E-state index contributed by atoms with van der Waals surface area (Å²) in [5.74, 6) is -0.138. The molecule has 1 aromatic heterocycles. The number of ether oxygens (including phenoxy) is 1. The van der Waals surface area contributed by atoms with Gasteiger partial charge in [0, 0.05) is 64.6 Å². The number of benzene rings is 1. The predicted molar refractivity (Wildman–Crippen MR) is 141 cm³/mol. The van der Waals surface area contributed by atoms with Crippen LogP contribution in [0.2, 0.25) is 5.02 Å². The number of amides is 2. The summed E-state index contributed by atoms with van der Waals surface area (Å²) in [7, 11) is 0. The van der Waals surface area contributed by atoms with Crippen LogP contribution in [0.4, 0.5) is 5.69 Å². The monoisotopic (exact) mass is 515 g/mol. The third kappa shape index (κ3) is 6.66. The molecule has 0 bridgehead atoms. The summed E-state index contributed by atoms with van der Waals surface area (Å²) >= 11 is 6.40. The standard InChI is InChI=1S/C27H38ClN5O3/c1-3-32-20-24(28)26(29-32)27(35)31-11-7-5-4-6-8-12-33(21(2)34)25-17-22(9-10-23(25)19-31)18-30-13-15-36-16-14-30/h9-10,17,20H,3-8,11-16,18-19H2,1-2H3. The van der Waals surface area contributed by atoms with Crippen LogP contribution in [0.1, 0.15) is 67.6 Å². The fourth-order valence-corrected chi connectivity index (χ4v) is 5.20. The van der Waals surface area contributed by atoms with E-state index in [9.17, 15) is 9.59 Å². The zero-order valence-corrected chi connectivity index (χ0v) is 22.3. The van der Waals surface area contributed by atoms with Gasteiger partial charge in [-0.2, -0.15) is 5.10 Å². The van der Waals surface area contributed by atoms with Crippen molar-refractivity contribution in [1.29, 1.82) is 0 Å². The van der Waals surface area contributed by atoms with Gasteiger partial charge in [0.2, 0.25) is 5.91 Å². The topological polar surface area (TPSA) is 70.9 Å². The summed E-state index contributed by atoms with van der Waals surface area (Å²) in [5, 5.41) is 4.80. The Balaban J connectivity index is 1.67. The van der Waals surface area contributed by atoms with Crippen molar-refractivity contribution < 1.29 is 14.3 Å². The normalized spacial score (nSPS) is 18.3. The Hall–Kier alpha value is -2.42. The number of hydrogen-bond acceptors (Lipinski definition) is 5. The molecule has 2 amide bonds. The molecule has 0 spiro atoms. The molecule has 1 aromatic carbocycles. The molecule has 0 atom stereocenters. The van der Waals surface area contributed by atoms with Crippen LogP contribution in [-0.2, 0) is 29.2 Å². The maximum atomic E-state index is 13.6. The number of fused-ring (bicyclic) bond motifs is 1. The minimum atomic E-state index is -0.165. The lowest BCUT2D eigenvalue weighted by Crippen LogP contribution is -2.36. The molecule has 2 aliphatic rings. The zero-order chi connectivity index (χ0) is 25.5. The third-order valence-corrected chi connectivity index (χ3v) is 7.31. The van der Waals surface area contributed by atoms with Crippen molar-refractivity contribution in [2.24, 2.45) is 0 Å². The molecule has 36 heavy (non-hydrogen) atoms. The Morgan fingerprint density at radius 3 is 2.44 bits per heavy atom. The first-order valence-corrected chi connectivity index (χ1v) is 13.6. The number of rotatable bonds is 4. The Morgan fingerprint density at radius 2 is 1.75 bits per heavy atom. The highest BCUT2D eigenvalue weighted by Crippen LogP contribution is 2.28. The molecule has 0 radical (unpaired) electrons. The first-order chi connectivity index (χ1) is 17.5. The Bertz CT molecular complexity index is 1050. The van der Waals surface area contributed by atoms with Crippen LogP contribution in [0.25, 0.3) is 0 Å². The minimum absolute atomic E-state index is 0.0273. The molecule has 1 saturated heterocycles. The highest BCUT2D eigenvalue weighted by molar-refractivity contribution is 6.33. The van der Waals surface area contributed by atoms with Crippen molar-refractivity contribution in [2.75, 3.05) is 44.3 Å². The molecule has 3 heterocycles. The smallest absolute Gasteiger partial charge is 0.276 e. The van der Waals surface area contributed by atoms with Crippen molar-refractivity contribution >= 4 is 29.1 Å². The lowest BCUT2D eigenvalue weighted by atomic mass is 10.0. The second kappa shape index (κ2) is 12.7. The largest absolute Gasteiger partial charge is 0.379 e. The van der Waals surface area contributed by atoms with Crippen molar-refractivity contribution in [3.63, 3.8) is 0 Å². The highest BCUT2D eigenvalue weighted by Gasteiger charge is 2.25. The molecule has 0 N–H and O–H groups in total. The van der Waals surface area contributed by atoms with E-state index in [-0.39, 0.29) is 11.8 Å². The molecular formula is C27H38ClN5O3. The van der Waals surface area contributed by atoms with Crippen LogP contribution in [0.15, 0.2) is 24.4 Å². The van der Waals surface area contributed by atoms with Gasteiger partial charge in [-0.1, -0.05) is 43.0 Å². The highest BCUT2D eigenvalue weighted by atomic mass is 35.5. The van der Waals surface area contributed by atoms with Crippen molar-refractivity contribution in [1.82, 2.24) is 19.6 Å². The van der Waals surface area contributed by atoms with Crippen molar-refractivity contribution in [2.45, 2.75) is 65.6 Å². The van der Waals surface area contributed by atoms with Gasteiger partial charge in [0.05, 0.1) is 18.2 Å². The van der Waals surface area contributed by atoms with Gasteiger partial charge in [-0.25, -0.2) is 0 Å². The maximum absolute atomic E-state index is 13.6. The number of halogens is 1. The number of anilines is 1. The number of nitrogens with zero attached hydrogens (tertiary/aromatic N) is 5. The fourth-order valence-electron chi connectivity index (χ4n) is 4.97. The lowest BCUT2D eigenvalue weighted by Gasteiger charge is -2.30. The summed E-state index contributed by atoms with van der Waals surface area (Å²) in [6.45, 7) is 10.1. The van der Waals surface area contributed by atoms with Crippen LogP contribution in [0, 0.1) is 0 Å². The Morgan fingerprint density at radius 1 is 1.03 bits per heavy atom. The van der Waals surface area contributed by atoms with E-state index in [4.69, 9.17) is 16.3 Å². The van der Waals surface area contributed by atoms with Crippen LogP contribution in [-0.4, -0.2) is 70.8 Å². The first-order valence-electron chi connectivity index (χ1n) is 13.2. The number of aryl methyl sites for hydroxylation is 1. The molecule has 0 saturated carbocycles. The summed E-state index contributed by atoms with van der Waals surface area (Å²) in [5.41, 5.74) is 3.32. The van der Waals surface area contributed by atoms with E-state index in [1.165, 1.54) is 0 Å². The molecule has 0 aliphatic carbocycles. The average molecular weight is 516 g/mol. The molecule has 8 nitrogen and oxygen atoms in total. The van der Waals surface area contributed by atoms with Gasteiger partial charge in [0.1, 0.15) is 0 Å². The van der Waals surface area contributed by atoms with E-state index in [0.717, 1.165) is 81.8 Å². The maximum Gasteiger partial charge on any atom is 0.276 e. The van der Waals surface area contributed by atoms with E-state index in [0.29, 0.717) is 36.9 Å². The minimum Gasteiger partial charge on any atom is -0.379 e. The predicted octanol–water partition coefficient (Wildman–Crippen LogP) is 4.35. The van der Waals surface area contributed by atoms with Gasteiger partial charge in [-0.05, 0) is 37.0 Å². The molecule has 0 unspecified atom stereocenters. The molecule has 2 aliphatic heterocycles. The van der Waals surface area contributed by atoms with E-state index in [2.05, 4.69) is 28.2 Å². The lowest BCUT2D eigenvalue weighted by molar-refractivity contribution is -0.116. The number of aromatic nitrogens is 2. The van der Waals surface area contributed by atoms with Gasteiger partial charge >= 0.3 is 0 Å². The van der Waals surface area contributed by atoms with Gasteiger partial charge in [-0.15, -0.1) is 0 Å². The average Bonchev–Trinajstić information content (AvgIpc) is 3.25. The van der Waals surface area contributed by atoms with Crippen LogP contribution < -0.4 is 4.90 Å². The van der Waals surface area contributed by atoms with Gasteiger partial charge in [0.15, 0.2) is 5.69 Å². The second-order valence-corrected chi connectivity index (χ2v) is 10.1. The van der Waals surface area contributed by atoms with Crippen LogP contribution >= 0.6 is 11.6 Å². The summed E-state index contributed by atoms with van der Waals surface area (Å²) in [4.78, 5) is 32.5. The van der Waals surface area contributed by atoms with Gasteiger partial charge in [-0.3, -0.25) is 19.2 Å². The molecule has 4 rings (SSSR count). The zero-order valence-electron chi connectivity index (χ0n) is 21.5. The number of morpholine rings is 1. The Labute approximate surface area is 219 Å². The van der Waals surface area contributed by atoms with Crippen LogP contribution in [0.3, 0.4) is 0 Å².